The highest BCUT2D eigenvalue weighted by atomic mass is 35.5. The number of methoxy groups -OCH3 is 1. The summed E-state index contributed by atoms with van der Waals surface area (Å²) in [6, 6.07) is 21.8. The van der Waals surface area contributed by atoms with Crippen LogP contribution in [0.5, 0.6) is 11.5 Å². The largest absolute Gasteiger partial charge is 0.493 e. The molecule has 1 aliphatic rings. The first-order chi connectivity index (χ1) is 15.0. The van der Waals surface area contributed by atoms with Gasteiger partial charge in [0, 0.05) is 5.02 Å². The summed E-state index contributed by atoms with van der Waals surface area (Å²) in [6.07, 6.45) is 1.67. The van der Waals surface area contributed by atoms with Crippen molar-refractivity contribution in [2.24, 2.45) is 0 Å². The van der Waals surface area contributed by atoms with Crippen molar-refractivity contribution in [3.8, 4) is 11.5 Å². The number of ether oxygens (including phenoxy) is 2. The molecule has 1 aliphatic heterocycles. The zero-order chi connectivity index (χ0) is 21.8. The Hall–Kier alpha value is -3.22. The van der Waals surface area contributed by atoms with E-state index in [9.17, 15) is 9.59 Å². The van der Waals surface area contributed by atoms with Crippen LogP contribution in [0.1, 0.15) is 11.1 Å². The van der Waals surface area contributed by atoms with Gasteiger partial charge in [-0.05, 0) is 59.3 Å². The summed E-state index contributed by atoms with van der Waals surface area (Å²) in [5.74, 6) is 0.745. The summed E-state index contributed by atoms with van der Waals surface area (Å²) in [5.41, 5.74) is 2.21. The number of carbonyl (C=O) groups excluding carboxylic acids is 2. The van der Waals surface area contributed by atoms with Crippen molar-refractivity contribution in [2.45, 2.75) is 6.61 Å². The SMILES string of the molecule is COc1cc(/C=C2\SC(=O)N(c3cccc(Cl)c3)C2=O)ccc1OCc1ccccc1. The maximum atomic E-state index is 12.8. The lowest BCUT2D eigenvalue weighted by Crippen LogP contribution is -2.27. The van der Waals surface area contributed by atoms with Gasteiger partial charge in [-0.25, -0.2) is 4.90 Å². The van der Waals surface area contributed by atoms with E-state index in [-0.39, 0.29) is 11.1 Å². The van der Waals surface area contributed by atoms with E-state index < -0.39 is 0 Å². The molecular weight excluding hydrogens is 434 g/mol. The number of nitrogens with zero attached hydrogens (tertiary/aromatic N) is 1. The quantitative estimate of drug-likeness (QED) is 0.419. The molecule has 5 nitrogen and oxygen atoms in total. The van der Waals surface area contributed by atoms with E-state index in [1.165, 1.54) is 0 Å². The molecule has 2 amide bonds. The molecule has 31 heavy (non-hydrogen) atoms. The molecule has 0 aliphatic carbocycles. The fourth-order valence-corrected chi connectivity index (χ4v) is 4.11. The molecule has 0 N–H and O–H groups in total. The van der Waals surface area contributed by atoms with Gasteiger partial charge in [-0.1, -0.05) is 54.1 Å². The number of hydrogen-bond donors (Lipinski definition) is 0. The normalized spacial score (nSPS) is 14.9. The molecule has 0 atom stereocenters. The van der Waals surface area contributed by atoms with Gasteiger partial charge in [0.05, 0.1) is 17.7 Å². The first-order valence-corrected chi connectivity index (χ1v) is 10.6. The van der Waals surface area contributed by atoms with Crippen molar-refractivity contribution in [1.82, 2.24) is 0 Å². The summed E-state index contributed by atoms with van der Waals surface area (Å²) in [6.45, 7) is 0.412. The molecule has 7 heteroatoms. The molecule has 0 unspecified atom stereocenters. The number of rotatable bonds is 6. The number of halogens is 1. The van der Waals surface area contributed by atoms with Crippen molar-refractivity contribution in [3.63, 3.8) is 0 Å². The average molecular weight is 452 g/mol. The van der Waals surface area contributed by atoms with E-state index in [1.807, 2.05) is 36.4 Å². The maximum absolute atomic E-state index is 12.8. The van der Waals surface area contributed by atoms with Crippen LogP contribution < -0.4 is 14.4 Å². The topological polar surface area (TPSA) is 55.8 Å². The lowest BCUT2D eigenvalue weighted by atomic mass is 10.1. The average Bonchev–Trinajstić information content (AvgIpc) is 3.06. The van der Waals surface area contributed by atoms with E-state index in [0.29, 0.717) is 33.7 Å². The van der Waals surface area contributed by atoms with Crippen molar-refractivity contribution >= 4 is 46.3 Å². The van der Waals surface area contributed by atoms with Gasteiger partial charge in [0.2, 0.25) is 0 Å². The number of benzene rings is 3. The zero-order valence-corrected chi connectivity index (χ0v) is 18.2. The van der Waals surface area contributed by atoms with Gasteiger partial charge in [0.15, 0.2) is 11.5 Å². The first kappa shape index (κ1) is 21.0. The number of amides is 2. The Balaban J connectivity index is 1.54. The highest BCUT2D eigenvalue weighted by Crippen LogP contribution is 2.37. The fourth-order valence-electron chi connectivity index (χ4n) is 3.09. The van der Waals surface area contributed by atoms with Crippen molar-refractivity contribution in [1.29, 1.82) is 0 Å². The van der Waals surface area contributed by atoms with E-state index in [2.05, 4.69) is 0 Å². The van der Waals surface area contributed by atoms with Gasteiger partial charge >= 0.3 is 0 Å². The second kappa shape index (κ2) is 9.29. The minimum atomic E-state index is -0.388. The molecule has 4 rings (SSSR count). The van der Waals surface area contributed by atoms with E-state index in [4.69, 9.17) is 21.1 Å². The van der Waals surface area contributed by atoms with Crippen LogP contribution in [0.3, 0.4) is 0 Å². The zero-order valence-electron chi connectivity index (χ0n) is 16.6. The Morgan fingerprint density at radius 3 is 2.52 bits per heavy atom. The molecule has 0 bridgehead atoms. The molecule has 0 saturated carbocycles. The van der Waals surface area contributed by atoms with Crippen LogP contribution in [0.4, 0.5) is 10.5 Å². The Kier molecular flexibility index (Phi) is 6.30. The smallest absolute Gasteiger partial charge is 0.298 e. The van der Waals surface area contributed by atoms with Crippen molar-refractivity contribution < 1.29 is 19.1 Å². The monoisotopic (exact) mass is 451 g/mol. The summed E-state index contributed by atoms with van der Waals surface area (Å²) in [5, 5.41) is 0.0876. The van der Waals surface area contributed by atoms with E-state index in [1.54, 1.807) is 49.6 Å². The Bertz CT molecular complexity index is 1160. The van der Waals surface area contributed by atoms with Crippen LogP contribution in [0, 0.1) is 0 Å². The molecule has 3 aromatic carbocycles. The molecule has 0 aromatic heterocycles. The maximum Gasteiger partial charge on any atom is 0.298 e. The van der Waals surface area contributed by atoms with Crippen LogP contribution in [-0.4, -0.2) is 18.3 Å². The highest BCUT2D eigenvalue weighted by molar-refractivity contribution is 8.19. The highest BCUT2D eigenvalue weighted by Gasteiger charge is 2.36. The Labute approximate surface area is 189 Å². The molecule has 1 saturated heterocycles. The lowest BCUT2D eigenvalue weighted by molar-refractivity contribution is -0.113. The number of carbonyl (C=O) groups is 2. The van der Waals surface area contributed by atoms with Crippen LogP contribution >= 0.6 is 23.4 Å². The van der Waals surface area contributed by atoms with Crippen LogP contribution in [0.2, 0.25) is 5.02 Å². The van der Waals surface area contributed by atoms with Gasteiger partial charge in [-0.3, -0.25) is 9.59 Å². The van der Waals surface area contributed by atoms with E-state index in [0.717, 1.165) is 27.8 Å². The van der Waals surface area contributed by atoms with Crippen LogP contribution in [-0.2, 0) is 11.4 Å². The standard InChI is InChI=1S/C24H18ClNO4S/c1-29-21-12-17(10-11-20(21)30-15-16-6-3-2-4-7-16)13-22-23(27)26(24(28)31-22)19-9-5-8-18(25)14-19/h2-14H,15H2,1H3/b22-13-. The summed E-state index contributed by atoms with van der Waals surface area (Å²) in [4.78, 5) is 26.7. The molecule has 156 valence electrons. The molecule has 1 fully saturated rings. The van der Waals surface area contributed by atoms with Crippen LogP contribution in [0.15, 0.2) is 77.7 Å². The predicted molar refractivity (Wildman–Crippen MR) is 124 cm³/mol. The minimum Gasteiger partial charge on any atom is -0.493 e. The molecule has 0 spiro atoms. The van der Waals surface area contributed by atoms with Gasteiger partial charge in [0.25, 0.3) is 11.1 Å². The second-order valence-electron chi connectivity index (χ2n) is 6.68. The van der Waals surface area contributed by atoms with Crippen LogP contribution in [0.25, 0.3) is 6.08 Å². The van der Waals surface area contributed by atoms with Crippen molar-refractivity contribution in [3.05, 3.63) is 93.9 Å². The number of thioether (sulfide) groups is 1. The van der Waals surface area contributed by atoms with Gasteiger partial charge in [0.1, 0.15) is 6.61 Å². The third-order valence-electron chi connectivity index (χ3n) is 4.58. The van der Waals surface area contributed by atoms with Gasteiger partial charge in [-0.15, -0.1) is 0 Å². The third-order valence-corrected chi connectivity index (χ3v) is 5.69. The molecule has 3 aromatic rings. The van der Waals surface area contributed by atoms with E-state index >= 15 is 0 Å². The summed E-state index contributed by atoms with van der Waals surface area (Å²) >= 11 is 6.89. The second-order valence-corrected chi connectivity index (χ2v) is 8.11. The Morgan fingerprint density at radius 2 is 1.77 bits per heavy atom. The molecular formula is C24H18ClNO4S. The fraction of sp³-hybridized carbons (Fsp3) is 0.0833. The summed E-state index contributed by atoms with van der Waals surface area (Å²) in [7, 11) is 1.56. The number of hydrogen-bond acceptors (Lipinski definition) is 5. The predicted octanol–water partition coefficient (Wildman–Crippen LogP) is 6.17. The molecule has 0 radical (unpaired) electrons. The lowest BCUT2D eigenvalue weighted by Gasteiger charge is -2.12. The summed E-state index contributed by atoms with van der Waals surface area (Å²) < 4.78 is 11.3. The Morgan fingerprint density at radius 1 is 0.968 bits per heavy atom. The van der Waals surface area contributed by atoms with Crippen molar-refractivity contribution in [2.75, 3.05) is 12.0 Å². The molecule has 1 heterocycles. The first-order valence-electron chi connectivity index (χ1n) is 9.43. The minimum absolute atomic E-state index is 0.324. The van der Waals surface area contributed by atoms with Gasteiger partial charge < -0.3 is 9.47 Å². The number of imide groups is 1. The number of anilines is 1. The van der Waals surface area contributed by atoms with Gasteiger partial charge in [-0.2, -0.15) is 0 Å². The third kappa shape index (κ3) is 4.76.